The quantitative estimate of drug-likeness (QED) is 0.910. The van der Waals surface area contributed by atoms with Gasteiger partial charge in [0.1, 0.15) is 5.75 Å². The molecule has 2 bridgehead atoms. The number of rotatable bonds is 5. The summed E-state index contributed by atoms with van der Waals surface area (Å²) in [6.07, 6.45) is 6.41. The number of hydrogen-bond acceptors (Lipinski definition) is 4. The third-order valence-electron chi connectivity index (χ3n) is 4.51. The maximum atomic E-state index is 5.89. The van der Waals surface area contributed by atoms with Gasteiger partial charge >= 0.3 is 0 Å². The first-order valence-electron chi connectivity index (χ1n) is 7.95. The van der Waals surface area contributed by atoms with Gasteiger partial charge in [0.25, 0.3) is 0 Å². The van der Waals surface area contributed by atoms with E-state index in [0.29, 0.717) is 24.0 Å². The van der Waals surface area contributed by atoms with Gasteiger partial charge in [-0.25, -0.2) is 4.98 Å². The summed E-state index contributed by atoms with van der Waals surface area (Å²) in [4.78, 5) is 4.16. The smallest absolute Gasteiger partial charge is 0.219 e. The number of anilines is 1. The molecule has 3 atom stereocenters. The number of hydrogen-bond donors (Lipinski definition) is 1. The van der Waals surface area contributed by atoms with Gasteiger partial charge in [0, 0.05) is 30.4 Å². The molecule has 2 aliphatic rings. The SMILES string of the molecule is c1ccc(Oc2ccc(NCC3CC4CCC3O4)cc2)nc1. The molecule has 114 valence electrons. The highest BCUT2D eigenvalue weighted by Crippen LogP contribution is 2.38. The van der Waals surface area contributed by atoms with Crippen LogP contribution in [0.1, 0.15) is 19.3 Å². The molecule has 2 aliphatic heterocycles. The Morgan fingerprint density at radius 2 is 2.05 bits per heavy atom. The van der Waals surface area contributed by atoms with Crippen LogP contribution >= 0.6 is 0 Å². The van der Waals surface area contributed by atoms with E-state index in [0.717, 1.165) is 18.0 Å². The first-order valence-corrected chi connectivity index (χ1v) is 7.95. The predicted molar refractivity (Wildman–Crippen MR) is 85.2 cm³/mol. The fraction of sp³-hybridized carbons (Fsp3) is 0.389. The Balaban J connectivity index is 1.32. The molecule has 2 fully saturated rings. The largest absolute Gasteiger partial charge is 0.439 e. The van der Waals surface area contributed by atoms with Crippen LogP contribution in [0.15, 0.2) is 48.7 Å². The van der Waals surface area contributed by atoms with Crippen molar-refractivity contribution in [3.8, 4) is 11.6 Å². The first-order chi connectivity index (χ1) is 10.9. The molecule has 22 heavy (non-hydrogen) atoms. The number of pyridine rings is 1. The molecule has 4 nitrogen and oxygen atoms in total. The molecule has 4 heteroatoms. The van der Waals surface area contributed by atoms with Gasteiger partial charge in [0.05, 0.1) is 12.2 Å². The Hall–Kier alpha value is -2.07. The summed E-state index contributed by atoms with van der Waals surface area (Å²) in [5.74, 6) is 2.07. The lowest BCUT2D eigenvalue weighted by atomic mass is 9.89. The lowest BCUT2D eigenvalue weighted by Crippen LogP contribution is -2.24. The van der Waals surface area contributed by atoms with Gasteiger partial charge in [-0.2, -0.15) is 0 Å². The molecule has 1 aromatic carbocycles. The molecule has 0 radical (unpaired) electrons. The maximum Gasteiger partial charge on any atom is 0.219 e. The molecule has 3 heterocycles. The van der Waals surface area contributed by atoms with Crippen molar-refractivity contribution in [1.82, 2.24) is 4.98 Å². The van der Waals surface area contributed by atoms with Crippen LogP contribution < -0.4 is 10.1 Å². The van der Waals surface area contributed by atoms with Crippen LogP contribution in [0.25, 0.3) is 0 Å². The minimum Gasteiger partial charge on any atom is -0.439 e. The highest BCUT2D eigenvalue weighted by molar-refractivity contribution is 5.47. The first kappa shape index (κ1) is 13.6. The van der Waals surface area contributed by atoms with E-state index in [1.165, 1.54) is 19.3 Å². The second-order valence-electron chi connectivity index (χ2n) is 6.04. The summed E-state index contributed by atoms with van der Waals surface area (Å²) in [5.41, 5.74) is 1.12. The van der Waals surface area contributed by atoms with Crippen molar-refractivity contribution in [2.45, 2.75) is 31.5 Å². The second kappa shape index (κ2) is 5.97. The summed E-state index contributed by atoms with van der Waals surface area (Å²) in [6.45, 7) is 0.988. The highest BCUT2D eigenvalue weighted by Gasteiger charge is 2.40. The van der Waals surface area contributed by atoms with Crippen molar-refractivity contribution >= 4 is 5.69 Å². The lowest BCUT2D eigenvalue weighted by molar-refractivity contribution is 0.0941. The molecule has 4 rings (SSSR count). The van der Waals surface area contributed by atoms with Gasteiger partial charge in [-0.1, -0.05) is 6.07 Å². The fourth-order valence-electron chi connectivity index (χ4n) is 3.38. The number of benzene rings is 1. The molecule has 3 unspecified atom stereocenters. The third-order valence-corrected chi connectivity index (χ3v) is 4.51. The van der Waals surface area contributed by atoms with Gasteiger partial charge in [0.15, 0.2) is 0 Å². The van der Waals surface area contributed by atoms with Crippen molar-refractivity contribution < 1.29 is 9.47 Å². The normalized spacial score (nSPS) is 26.1. The van der Waals surface area contributed by atoms with Crippen molar-refractivity contribution in [2.24, 2.45) is 5.92 Å². The zero-order chi connectivity index (χ0) is 14.8. The maximum absolute atomic E-state index is 5.89. The average Bonchev–Trinajstić information content (AvgIpc) is 3.18. The summed E-state index contributed by atoms with van der Waals surface area (Å²) in [7, 11) is 0. The molecule has 0 amide bonds. The van der Waals surface area contributed by atoms with Crippen LogP contribution in [0.5, 0.6) is 11.6 Å². The van der Waals surface area contributed by atoms with Crippen LogP contribution in [0, 0.1) is 5.92 Å². The molecule has 0 aliphatic carbocycles. The van der Waals surface area contributed by atoms with Crippen LogP contribution in [0.2, 0.25) is 0 Å². The summed E-state index contributed by atoms with van der Waals surface area (Å²) >= 11 is 0. The van der Waals surface area contributed by atoms with Gasteiger partial charge in [-0.05, 0) is 49.6 Å². The standard InChI is InChI=1S/C18H20N2O2/c1-2-10-19-18(3-1)22-15-6-4-14(5-7-15)20-12-13-11-16-8-9-17(13)21-16/h1-7,10,13,16-17,20H,8-9,11-12H2. The van der Waals surface area contributed by atoms with Crippen molar-refractivity contribution in [3.63, 3.8) is 0 Å². The molecular weight excluding hydrogens is 276 g/mol. The van der Waals surface area contributed by atoms with Crippen LogP contribution in [-0.2, 0) is 4.74 Å². The fourth-order valence-corrected chi connectivity index (χ4v) is 3.38. The molecule has 0 spiro atoms. The minimum absolute atomic E-state index is 0.476. The van der Waals surface area contributed by atoms with Gasteiger partial charge in [0.2, 0.25) is 5.88 Å². The zero-order valence-corrected chi connectivity index (χ0v) is 12.4. The van der Waals surface area contributed by atoms with E-state index in [4.69, 9.17) is 9.47 Å². The van der Waals surface area contributed by atoms with Crippen molar-refractivity contribution in [1.29, 1.82) is 0 Å². The van der Waals surface area contributed by atoms with Gasteiger partial charge < -0.3 is 14.8 Å². The topological polar surface area (TPSA) is 43.4 Å². The number of aromatic nitrogens is 1. The second-order valence-corrected chi connectivity index (χ2v) is 6.04. The third kappa shape index (κ3) is 2.92. The number of nitrogens with one attached hydrogen (secondary N) is 1. The molecule has 1 N–H and O–H groups in total. The van der Waals surface area contributed by atoms with E-state index < -0.39 is 0 Å². The van der Waals surface area contributed by atoms with E-state index >= 15 is 0 Å². The number of ether oxygens (including phenoxy) is 2. The Morgan fingerprint density at radius 1 is 1.14 bits per heavy atom. The average molecular weight is 296 g/mol. The van der Waals surface area contributed by atoms with E-state index in [1.54, 1.807) is 6.20 Å². The zero-order valence-electron chi connectivity index (χ0n) is 12.4. The molecule has 2 aromatic rings. The molecule has 0 saturated carbocycles. The molecule has 1 aromatic heterocycles. The Labute approximate surface area is 130 Å². The molecular formula is C18H20N2O2. The summed E-state index contributed by atoms with van der Waals surface area (Å²) in [6, 6.07) is 13.7. The highest BCUT2D eigenvalue weighted by atomic mass is 16.5. The predicted octanol–water partition coefficient (Wildman–Crippen LogP) is 3.85. The molecule has 2 saturated heterocycles. The van der Waals surface area contributed by atoms with Crippen LogP contribution in [0.3, 0.4) is 0 Å². The van der Waals surface area contributed by atoms with Gasteiger partial charge in [-0.3, -0.25) is 0 Å². The Kier molecular flexibility index (Phi) is 3.69. The Bertz CT molecular complexity index is 615. The number of nitrogens with zero attached hydrogens (tertiary/aromatic N) is 1. The van der Waals surface area contributed by atoms with Crippen LogP contribution in [0.4, 0.5) is 5.69 Å². The van der Waals surface area contributed by atoms with Crippen molar-refractivity contribution in [3.05, 3.63) is 48.7 Å². The monoisotopic (exact) mass is 296 g/mol. The summed E-state index contributed by atoms with van der Waals surface area (Å²) in [5, 5.41) is 3.51. The summed E-state index contributed by atoms with van der Waals surface area (Å²) < 4.78 is 11.6. The Morgan fingerprint density at radius 3 is 2.73 bits per heavy atom. The minimum atomic E-state index is 0.476. The van der Waals surface area contributed by atoms with E-state index in [-0.39, 0.29) is 0 Å². The van der Waals surface area contributed by atoms with E-state index in [2.05, 4.69) is 10.3 Å². The van der Waals surface area contributed by atoms with E-state index in [1.807, 2.05) is 42.5 Å². The number of fused-ring (bicyclic) bond motifs is 2. The lowest BCUT2D eigenvalue weighted by Gasteiger charge is -2.19. The van der Waals surface area contributed by atoms with Crippen molar-refractivity contribution in [2.75, 3.05) is 11.9 Å². The van der Waals surface area contributed by atoms with Gasteiger partial charge in [-0.15, -0.1) is 0 Å². The van der Waals surface area contributed by atoms with E-state index in [9.17, 15) is 0 Å². The van der Waals surface area contributed by atoms with Crippen LogP contribution in [-0.4, -0.2) is 23.7 Å².